The number of rotatable bonds is 4. The fourth-order valence-electron chi connectivity index (χ4n) is 6.64. The summed E-state index contributed by atoms with van der Waals surface area (Å²) in [6.45, 7) is 8.47. The van der Waals surface area contributed by atoms with E-state index in [1.165, 1.54) is 0 Å². The molecular weight excluding hydrogens is 474 g/mol. The van der Waals surface area contributed by atoms with Gasteiger partial charge in [-0.15, -0.1) is 0 Å². The largest absolute Gasteiger partial charge is 0.480 e. The van der Waals surface area contributed by atoms with Crippen LogP contribution in [0.3, 0.4) is 0 Å². The van der Waals surface area contributed by atoms with Crippen LogP contribution in [0.25, 0.3) is 12.2 Å². The number of aliphatic hydroxyl groups is 2. The van der Waals surface area contributed by atoms with Crippen LogP contribution in [0.1, 0.15) is 61.3 Å². The maximum atomic E-state index is 12.1. The maximum Gasteiger partial charge on any atom is 0.289 e. The second-order valence-electron chi connectivity index (χ2n) is 11.0. The summed E-state index contributed by atoms with van der Waals surface area (Å²) in [5, 5.41) is 41.4. The van der Waals surface area contributed by atoms with E-state index in [1.54, 1.807) is 23.8 Å². The second kappa shape index (κ2) is 8.81. The number of nitrogens with zero attached hydrogens (tertiary/aromatic N) is 3. The molecule has 1 amide bonds. The molecule has 5 atom stereocenters. The highest BCUT2D eigenvalue weighted by molar-refractivity contribution is 6.05. The van der Waals surface area contributed by atoms with E-state index in [0.29, 0.717) is 23.2 Å². The number of amides is 1. The van der Waals surface area contributed by atoms with Crippen LogP contribution in [0.2, 0.25) is 0 Å². The van der Waals surface area contributed by atoms with Crippen LogP contribution in [0, 0.1) is 28.1 Å². The lowest BCUT2D eigenvalue weighted by Crippen LogP contribution is -2.57. The molecule has 10 heteroatoms. The van der Waals surface area contributed by atoms with Gasteiger partial charge in [-0.25, -0.2) is 4.98 Å². The Morgan fingerprint density at radius 3 is 2.86 bits per heavy atom. The number of hydrogen-bond donors (Lipinski definition) is 5. The first-order valence-electron chi connectivity index (χ1n) is 12.5. The molecule has 196 valence electrons. The lowest BCUT2D eigenvalue weighted by atomic mass is 9.46. The molecule has 0 spiro atoms. The molecule has 0 radical (unpaired) electrons. The predicted octanol–water partition coefficient (Wildman–Crippen LogP) is 1.60. The SMILES string of the molecule is C=C1CCC2[C@](C)(CC[C@@H](O)[C@@]2(C)CO)C1/C=C/c1cc(C=c2nc3c(n2C)=NC(=N)NC3=O)oc1O. The smallest absolute Gasteiger partial charge is 0.289 e. The fourth-order valence-corrected chi connectivity index (χ4v) is 6.64. The van der Waals surface area contributed by atoms with Gasteiger partial charge in [0.1, 0.15) is 11.2 Å². The van der Waals surface area contributed by atoms with E-state index in [9.17, 15) is 20.1 Å². The van der Waals surface area contributed by atoms with Crippen molar-refractivity contribution in [1.29, 1.82) is 5.41 Å². The average Bonchev–Trinajstić information content (AvgIpc) is 3.35. The third-order valence-electron chi connectivity index (χ3n) is 8.82. The van der Waals surface area contributed by atoms with Gasteiger partial charge < -0.3 is 24.3 Å². The van der Waals surface area contributed by atoms with Crippen LogP contribution >= 0.6 is 0 Å². The van der Waals surface area contributed by atoms with Gasteiger partial charge in [-0.3, -0.25) is 15.5 Å². The van der Waals surface area contributed by atoms with E-state index in [1.807, 2.05) is 19.1 Å². The molecule has 2 saturated carbocycles. The van der Waals surface area contributed by atoms with Gasteiger partial charge in [0.15, 0.2) is 11.2 Å². The molecule has 2 unspecified atom stereocenters. The number of carbonyl (C=O) groups excluding carboxylic acids is 1. The average molecular weight is 508 g/mol. The van der Waals surface area contributed by atoms with Crippen molar-refractivity contribution < 1.29 is 24.5 Å². The van der Waals surface area contributed by atoms with Crippen LogP contribution in [0.5, 0.6) is 5.95 Å². The van der Waals surface area contributed by atoms with Crippen LogP contribution in [-0.2, 0) is 7.05 Å². The molecular formula is C27H33N5O5. The molecule has 3 heterocycles. The van der Waals surface area contributed by atoms with Gasteiger partial charge in [-0.05, 0) is 43.1 Å². The van der Waals surface area contributed by atoms with Crippen molar-refractivity contribution in [3.05, 3.63) is 52.3 Å². The van der Waals surface area contributed by atoms with E-state index < -0.39 is 17.4 Å². The number of imidazole rings is 1. The lowest BCUT2D eigenvalue weighted by molar-refractivity contribution is -0.145. The predicted molar refractivity (Wildman–Crippen MR) is 136 cm³/mol. The summed E-state index contributed by atoms with van der Waals surface area (Å²) in [4.78, 5) is 20.5. The Morgan fingerprint density at radius 1 is 1.38 bits per heavy atom. The monoisotopic (exact) mass is 507 g/mol. The summed E-state index contributed by atoms with van der Waals surface area (Å²) in [7, 11) is 1.68. The number of furan rings is 1. The fraction of sp³-hybridized carbons (Fsp3) is 0.481. The summed E-state index contributed by atoms with van der Waals surface area (Å²) in [5.41, 5.74) is 1.64. The van der Waals surface area contributed by atoms with Crippen molar-refractivity contribution in [3.8, 4) is 5.95 Å². The van der Waals surface area contributed by atoms with Crippen LogP contribution in [0.15, 0.2) is 33.7 Å². The molecule has 2 aromatic rings. The van der Waals surface area contributed by atoms with Gasteiger partial charge in [-0.2, -0.15) is 4.99 Å². The molecule has 3 aliphatic rings. The molecule has 37 heavy (non-hydrogen) atoms. The summed E-state index contributed by atoms with van der Waals surface area (Å²) in [6.07, 6.45) is 8.06. The van der Waals surface area contributed by atoms with Crippen molar-refractivity contribution in [2.45, 2.75) is 45.6 Å². The first-order chi connectivity index (χ1) is 17.5. The number of nitrogens with one attached hydrogen (secondary N) is 2. The number of allylic oxidation sites excluding steroid dienone is 2. The summed E-state index contributed by atoms with van der Waals surface area (Å²) >= 11 is 0. The highest BCUT2D eigenvalue weighted by Gasteiger charge is 2.57. The Kier molecular flexibility index (Phi) is 5.99. The Labute approximate surface area is 214 Å². The molecule has 10 nitrogen and oxygen atoms in total. The highest BCUT2D eigenvalue weighted by Crippen LogP contribution is 2.61. The normalized spacial score (nSPS) is 32.3. The third kappa shape index (κ3) is 3.95. The summed E-state index contributed by atoms with van der Waals surface area (Å²) < 4.78 is 7.13. The number of aromatic nitrogens is 2. The second-order valence-corrected chi connectivity index (χ2v) is 11.0. The molecule has 0 bridgehead atoms. The van der Waals surface area contributed by atoms with E-state index in [0.717, 1.165) is 24.8 Å². The molecule has 2 aromatic heterocycles. The minimum Gasteiger partial charge on any atom is -0.480 e. The van der Waals surface area contributed by atoms with Crippen LogP contribution < -0.4 is 16.3 Å². The Bertz CT molecular complexity index is 1450. The summed E-state index contributed by atoms with van der Waals surface area (Å²) in [5.74, 6) is -0.492. The third-order valence-corrected chi connectivity index (χ3v) is 8.82. The molecule has 5 N–H and O–H groups in total. The van der Waals surface area contributed by atoms with Gasteiger partial charge >= 0.3 is 0 Å². The van der Waals surface area contributed by atoms with Gasteiger partial charge in [0.25, 0.3) is 11.9 Å². The van der Waals surface area contributed by atoms with Crippen molar-refractivity contribution in [1.82, 2.24) is 14.9 Å². The zero-order chi connectivity index (χ0) is 26.7. The van der Waals surface area contributed by atoms with Crippen molar-refractivity contribution in [2.24, 2.45) is 34.7 Å². The zero-order valence-electron chi connectivity index (χ0n) is 21.3. The van der Waals surface area contributed by atoms with Gasteiger partial charge in [-0.1, -0.05) is 38.2 Å². The van der Waals surface area contributed by atoms with Gasteiger partial charge in [0.05, 0.1) is 18.3 Å². The standard InChI is InChI=1S/C27H33N5O5/c1-14-5-8-18-26(2,10-9-19(34)27(18,3)13-33)17(14)7-6-15-11-16(37-24(15)36)12-20-29-21-22(32(20)4)30-25(28)31-23(21)35/h6-7,11-12,17-19,33-34,36H,1,5,8-10,13H2,2-4H3,(H2,28,31,35)/b7-6+,20-12?/t17?,18?,19-,26-,27+/m1/s1. The van der Waals surface area contributed by atoms with E-state index >= 15 is 0 Å². The number of carbonyl (C=O) groups is 1. The topological polar surface area (TPSA) is 157 Å². The number of aliphatic hydroxyl groups excluding tert-OH is 2. The molecule has 2 fully saturated rings. The molecule has 0 aromatic carbocycles. The maximum absolute atomic E-state index is 12.1. The van der Waals surface area contributed by atoms with E-state index in [-0.39, 0.29) is 46.9 Å². The number of fused-ring (bicyclic) bond motifs is 2. The quantitative estimate of drug-likeness (QED) is 0.396. The van der Waals surface area contributed by atoms with Crippen molar-refractivity contribution in [2.75, 3.05) is 6.61 Å². The van der Waals surface area contributed by atoms with Crippen LogP contribution in [-0.4, -0.2) is 49.4 Å². The van der Waals surface area contributed by atoms with Crippen LogP contribution in [0.4, 0.5) is 0 Å². The first-order valence-corrected chi connectivity index (χ1v) is 12.5. The Balaban J connectivity index is 1.46. The minimum atomic E-state index is -0.567. The molecule has 0 saturated heterocycles. The lowest BCUT2D eigenvalue weighted by Gasteiger charge is -2.59. The zero-order valence-corrected chi connectivity index (χ0v) is 21.3. The Hall–Kier alpha value is -3.50. The highest BCUT2D eigenvalue weighted by atomic mass is 16.5. The Morgan fingerprint density at radius 2 is 2.14 bits per heavy atom. The van der Waals surface area contributed by atoms with E-state index in [2.05, 4.69) is 28.8 Å². The molecule has 5 rings (SSSR count). The minimum absolute atomic E-state index is 0.0167. The van der Waals surface area contributed by atoms with Crippen molar-refractivity contribution >= 4 is 24.0 Å². The van der Waals surface area contributed by atoms with Crippen molar-refractivity contribution in [3.63, 3.8) is 0 Å². The van der Waals surface area contributed by atoms with Gasteiger partial charge in [0.2, 0.25) is 5.96 Å². The van der Waals surface area contributed by atoms with E-state index in [4.69, 9.17) is 9.83 Å². The molecule has 1 aliphatic heterocycles. The molecule has 2 aliphatic carbocycles. The number of hydrogen-bond acceptors (Lipinski definition) is 7. The number of guanidine groups is 1. The summed E-state index contributed by atoms with van der Waals surface area (Å²) in [6, 6.07) is 1.69. The number of aromatic hydroxyl groups is 1. The van der Waals surface area contributed by atoms with Gasteiger partial charge in [0, 0.05) is 24.5 Å². The first kappa shape index (κ1) is 25.2.